The van der Waals surface area contributed by atoms with Crippen molar-refractivity contribution in [2.24, 2.45) is 0 Å². The highest BCUT2D eigenvalue weighted by atomic mass is 16.6. The molecular formula is C17H25N3O3. The van der Waals surface area contributed by atoms with Crippen molar-refractivity contribution in [3.63, 3.8) is 0 Å². The first-order valence-corrected chi connectivity index (χ1v) is 7.99. The first-order valence-electron chi connectivity index (χ1n) is 7.99. The second-order valence-electron chi connectivity index (χ2n) is 5.21. The maximum Gasteiger partial charge on any atom is 0.269 e. The highest BCUT2D eigenvalue weighted by Gasteiger charge is 2.03. The summed E-state index contributed by atoms with van der Waals surface area (Å²) in [5.41, 5.74) is 0.798. The summed E-state index contributed by atoms with van der Waals surface area (Å²) in [4.78, 5) is 24.1. The third kappa shape index (κ3) is 7.56. The molecular weight excluding hydrogens is 294 g/mol. The van der Waals surface area contributed by atoms with E-state index in [1.807, 2.05) is 0 Å². The molecule has 1 N–H and O–H groups in total. The topological polar surface area (TPSA) is 75.5 Å². The highest BCUT2D eigenvalue weighted by Crippen LogP contribution is 2.12. The summed E-state index contributed by atoms with van der Waals surface area (Å²) >= 11 is 0. The lowest BCUT2D eigenvalue weighted by molar-refractivity contribution is -0.384. The number of nitro benzene ring substituents is 1. The number of carbonyl (C=O) groups excluding carboxylic acids is 1. The number of nitro groups is 1. The van der Waals surface area contributed by atoms with Crippen LogP contribution in [-0.4, -0.2) is 41.9 Å². The molecule has 0 unspecified atom stereocenters. The van der Waals surface area contributed by atoms with E-state index in [2.05, 4.69) is 24.1 Å². The normalized spacial score (nSPS) is 11.1. The molecule has 1 rings (SSSR count). The first-order chi connectivity index (χ1) is 11.1. The van der Waals surface area contributed by atoms with Crippen LogP contribution in [0.1, 0.15) is 32.3 Å². The van der Waals surface area contributed by atoms with Crippen LogP contribution in [0.4, 0.5) is 5.69 Å². The van der Waals surface area contributed by atoms with Crippen molar-refractivity contribution in [1.82, 2.24) is 10.2 Å². The Labute approximate surface area is 137 Å². The molecule has 6 nitrogen and oxygen atoms in total. The van der Waals surface area contributed by atoms with Crippen LogP contribution >= 0.6 is 0 Å². The van der Waals surface area contributed by atoms with Gasteiger partial charge in [-0.25, -0.2) is 0 Å². The fraction of sp³-hybridized carbons (Fsp3) is 0.471. The van der Waals surface area contributed by atoms with Crippen molar-refractivity contribution in [1.29, 1.82) is 0 Å². The molecule has 0 aromatic heterocycles. The average molecular weight is 319 g/mol. The van der Waals surface area contributed by atoms with Gasteiger partial charge in [0.1, 0.15) is 0 Å². The molecule has 0 bridgehead atoms. The molecule has 0 aliphatic heterocycles. The van der Waals surface area contributed by atoms with Crippen LogP contribution < -0.4 is 5.32 Å². The lowest BCUT2D eigenvalue weighted by atomic mass is 10.2. The van der Waals surface area contributed by atoms with Gasteiger partial charge in [0, 0.05) is 24.8 Å². The molecule has 0 aliphatic rings. The number of hydrogen-bond acceptors (Lipinski definition) is 4. The monoisotopic (exact) mass is 319 g/mol. The lowest BCUT2D eigenvalue weighted by Crippen LogP contribution is -2.26. The summed E-state index contributed by atoms with van der Waals surface area (Å²) in [7, 11) is 0. The number of unbranched alkanes of at least 4 members (excludes halogenated alkanes) is 1. The zero-order valence-corrected chi connectivity index (χ0v) is 13.8. The van der Waals surface area contributed by atoms with Crippen LogP contribution in [0.2, 0.25) is 0 Å². The third-order valence-electron chi connectivity index (χ3n) is 3.63. The van der Waals surface area contributed by atoms with Gasteiger partial charge >= 0.3 is 0 Å². The van der Waals surface area contributed by atoms with E-state index in [0.717, 1.165) is 38.0 Å². The van der Waals surface area contributed by atoms with Crippen LogP contribution in [-0.2, 0) is 4.79 Å². The Morgan fingerprint density at radius 2 is 1.87 bits per heavy atom. The number of hydrogen-bond donors (Lipinski definition) is 1. The Balaban J connectivity index is 2.26. The minimum atomic E-state index is -0.446. The summed E-state index contributed by atoms with van der Waals surface area (Å²) < 4.78 is 0. The predicted octanol–water partition coefficient (Wildman–Crippen LogP) is 2.85. The van der Waals surface area contributed by atoms with Crippen molar-refractivity contribution in [3.8, 4) is 0 Å². The van der Waals surface area contributed by atoms with Gasteiger partial charge in [0.2, 0.25) is 5.91 Å². The van der Waals surface area contributed by atoms with Crippen LogP contribution in [0.25, 0.3) is 6.08 Å². The van der Waals surface area contributed by atoms with E-state index in [1.54, 1.807) is 18.2 Å². The number of nitrogens with one attached hydrogen (secondary N) is 1. The molecule has 0 saturated carbocycles. The van der Waals surface area contributed by atoms with Gasteiger partial charge in [0.05, 0.1) is 4.92 Å². The van der Waals surface area contributed by atoms with Crippen molar-refractivity contribution in [2.45, 2.75) is 26.7 Å². The van der Waals surface area contributed by atoms with Gasteiger partial charge in [-0.3, -0.25) is 14.9 Å². The smallest absolute Gasteiger partial charge is 0.269 e. The molecule has 0 aliphatic carbocycles. The minimum absolute atomic E-state index is 0.0415. The Morgan fingerprint density at radius 3 is 2.43 bits per heavy atom. The Morgan fingerprint density at radius 1 is 1.22 bits per heavy atom. The highest BCUT2D eigenvalue weighted by molar-refractivity contribution is 5.91. The Hall–Kier alpha value is -2.21. The molecule has 0 radical (unpaired) electrons. The summed E-state index contributed by atoms with van der Waals surface area (Å²) in [5.74, 6) is -0.147. The van der Waals surface area contributed by atoms with E-state index in [-0.39, 0.29) is 11.6 Å². The van der Waals surface area contributed by atoms with Crippen molar-refractivity contribution in [3.05, 3.63) is 46.0 Å². The molecule has 1 aromatic carbocycles. The second-order valence-corrected chi connectivity index (χ2v) is 5.21. The van der Waals surface area contributed by atoms with E-state index < -0.39 is 4.92 Å². The molecule has 126 valence electrons. The largest absolute Gasteiger partial charge is 0.353 e. The summed E-state index contributed by atoms with van der Waals surface area (Å²) in [6.45, 7) is 8.12. The van der Waals surface area contributed by atoms with Gasteiger partial charge < -0.3 is 10.2 Å². The molecule has 1 aromatic rings. The Kier molecular flexibility index (Phi) is 8.60. The van der Waals surface area contributed by atoms with Crippen LogP contribution in [0.3, 0.4) is 0 Å². The minimum Gasteiger partial charge on any atom is -0.353 e. The summed E-state index contributed by atoms with van der Waals surface area (Å²) in [6.07, 6.45) is 5.11. The molecule has 0 spiro atoms. The van der Waals surface area contributed by atoms with Crippen LogP contribution in [0.5, 0.6) is 0 Å². The van der Waals surface area contributed by atoms with Gasteiger partial charge in [0.15, 0.2) is 0 Å². The van der Waals surface area contributed by atoms with Gasteiger partial charge in [0.25, 0.3) is 5.69 Å². The van der Waals surface area contributed by atoms with Gasteiger partial charge in [-0.1, -0.05) is 13.8 Å². The summed E-state index contributed by atoms with van der Waals surface area (Å²) in [6, 6.07) is 6.08. The van der Waals surface area contributed by atoms with Crippen LogP contribution in [0.15, 0.2) is 30.3 Å². The molecule has 6 heteroatoms. The zero-order chi connectivity index (χ0) is 17.1. The SMILES string of the molecule is CCN(CC)CCCCNC(=O)/C=C/c1ccc([N+](=O)[O-])cc1. The fourth-order valence-electron chi connectivity index (χ4n) is 2.15. The fourth-order valence-corrected chi connectivity index (χ4v) is 2.15. The molecule has 1 amide bonds. The number of nitrogens with zero attached hydrogens (tertiary/aromatic N) is 2. The third-order valence-corrected chi connectivity index (χ3v) is 3.63. The zero-order valence-electron chi connectivity index (χ0n) is 13.8. The van der Waals surface area contributed by atoms with E-state index >= 15 is 0 Å². The number of rotatable bonds is 10. The maximum absolute atomic E-state index is 11.7. The predicted molar refractivity (Wildman–Crippen MR) is 92.2 cm³/mol. The quantitative estimate of drug-likeness (QED) is 0.311. The Bertz CT molecular complexity index is 522. The standard InChI is InChI=1S/C17H25N3O3/c1-3-19(4-2)14-6-5-13-18-17(21)12-9-15-7-10-16(11-8-15)20(22)23/h7-12H,3-6,13-14H2,1-2H3,(H,18,21)/b12-9+. The molecule has 0 heterocycles. The van der Waals surface area contributed by atoms with E-state index in [0.29, 0.717) is 6.54 Å². The number of carbonyl (C=O) groups is 1. The van der Waals surface area contributed by atoms with Crippen molar-refractivity contribution >= 4 is 17.7 Å². The van der Waals surface area contributed by atoms with Gasteiger partial charge in [-0.2, -0.15) is 0 Å². The average Bonchev–Trinajstić information content (AvgIpc) is 2.56. The van der Waals surface area contributed by atoms with Gasteiger partial charge in [-0.15, -0.1) is 0 Å². The second kappa shape index (κ2) is 10.5. The summed E-state index contributed by atoms with van der Waals surface area (Å²) in [5, 5.41) is 13.4. The number of amides is 1. The molecule has 0 atom stereocenters. The molecule has 0 saturated heterocycles. The number of benzene rings is 1. The van der Waals surface area contributed by atoms with Crippen LogP contribution in [0, 0.1) is 10.1 Å². The van der Waals surface area contributed by atoms with Gasteiger partial charge in [-0.05, 0) is 56.2 Å². The van der Waals surface area contributed by atoms with E-state index in [9.17, 15) is 14.9 Å². The van der Waals surface area contributed by atoms with E-state index in [4.69, 9.17) is 0 Å². The van der Waals surface area contributed by atoms with Crippen molar-refractivity contribution in [2.75, 3.05) is 26.2 Å². The molecule has 0 fully saturated rings. The van der Waals surface area contributed by atoms with E-state index in [1.165, 1.54) is 18.2 Å². The van der Waals surface area contributed by atoms with Crippen molar-refractivity contribution < 1.29 is 9.72 Å². The number of non-ortho nitro benzene ring substituents is 1. The maximum atomic E-state index is 11.7. The first kappa shape index (κ1) is 18.8. The molecule has 23 heavy (non-hydrogen) atoms. The lowest BCUT2D eigenvalue weighted by Gasteiger charge is -2.17.